The van der Waals surface area contributed by atoms with E-state index in [2.05, 4.69) is 20.2 Å². The molecule has 0 aromatic carbocycles. The van der Waals surface area contributed by atoms with Crippen molar-refractivity contribution < 1.29 is 14.3 Å². The lowest BCUT2D eigenvalue weighted by Gasteiger charge is -2.31. The number of hydrogen-bond acceptors (Lipinski definition) is 7. The first-order valence-corrected chi connectivity index (χ1v) is 9.83. The predicted octanol–water partition coefficient (Wildman–Crippen LogP) is 1.29. The van der Waals surface area contributed by atoms with Crippen LogP contribution in [0.3, 0.4) is 0 Å². The maximum Gasteiger partial charge on any atom is 0.236 e. The number of amides is 1. The van der Waals surface area contributed by atoms with E-state index >= 15 is 0 Å². The van der Waals surface area contributed by atoms with Gasteiger partial charge < -0.3 is 19.7 Å². The molecular weight excluding hydrogens is 360 g/mol. The van der Waals surface area contributed by atoms with Crippen molar-refractivity contribution in [2.75, 3.05) is 31.4 Å². The highest BCUT2D eigenvalue weighted by Crippen LogP contribution is 2.25. The molecule has 0 bridgehead atoms. The highest BCUT2D eigenvalue weighted by Gasteiger charge is 2.26. The Hall–Kier alpha value is -2.52. The van der Waals surface area contributed by atoms with E-state index in [-0.39, 0.29) is 18.1 Å². The van der Waals surface area contributed by atoms with Gasteiger partial charge in [-0.05, 0) is 18.9 Å². The van der Waals surface area contributed by atoms with Crippen LogP contribution in [0.4, 0.5) is 5.82 Å². The summed E-state index contributed by atoms with van der Waals surface area (Å²) in [7, 11) is 0. The highest BCUT2D eigenvalue weighted by atomic mass is 16.7. The summed E-state index contributed by atoms with van der Waals surface area (Å²) in [6, 6.07) is 2.04. The molecule has 0 spiro atoms. The molecule has 1 amide bonds. The third-order valence-electron chi connectivity index (χ3n) is 5.17. The topological polar surface area (TPSA) is 94.4 Å². The van der Waals surface area contributed by atoms with Crippen LogP contribution in [0, 0.1) is 0 Å². The molecule has 1 N–H and O–H groups in total. The average Bonchev–Trinajstić information content (AvgIpc) is 3.39. The van der Waals surface area contributed by atoms with Crippen molar-refractivity contribution in [1.29, 1.82) is 0 Å². The number of hydrogen-bond donors (Lipinski definition) is 1. The van der Waals surface area contributed by atoms with Crippen molar-refractivity contribution in [3.8, 4) is 5.95 Å². The van der Waals surface area contributed by atoms with E-state index in [1.807, 2.05) is 12.3 Å². The van der Waals surface area contributed by atoms with Crippen molar-refractivity contribution in [1.82, 2.24) is 24.8 Å². The zero-order chi connectivity index (χ0) is 19.2. The second-order valence-corrected chi connectivity index (χ2v) is 7.17. The molecule has 4 heterocycles. The van der Waals surface area contributed by atoms with Crippen LogP contribution in [0.5, 0.6) is 0 Å². The van der Waals surface area contributed by atoms with Crippen LogP contribution < -0.4 is 10.2 Å². The Morgan fingerprint density at radius 3 is 3.07 bits per heavy atom. The summed E-state index contributed by atoms with van der Waals surface area (Å²) >= 11 is 0. The number of nitrogens with one attached hydrogen (secondary N) is 1. The fourth-order valence-electron chi connectivity index (χ4n) is 3.70. The molecule has 2 aromatic heterocycles. The van der Waals surface area contributed by atoms with E-state index in [4.69, 9.17) is 14.5 Å². The Labute approximate surface area is 164 Å². The van der Waals surface area contributed by atoms with Crippen LogP contribution in [-0.4, -0.2) is 64.1 Å². The molecule has 0 radical (unpaired) electrons. The average molecular weight is 386 g/mol. The Balaban J connectivity index is 1.44. The smallest absolute Gasteiger partial charge is 0.236 e. The summed E-state index contributed by atoms with van der Waals surface area (Å²) in [5, 5.41) is 2.98. The molecule has 0 aliphatic carbocycles. The monoisotopic (exact) mass is 386 g/mol. The fraction of sp³-hybridized carbons (Fsp3) is 0.579. The van der Waals surface area contributed by atoms with E-state index in [0.29, 0.717) is 32.3 Å². The first-order valence-electron chi connectivity index (χ1n) is 9.83. The molecule has 0 saturated carbocycles. The number of nitrogens with zero attached hydrogens (tertiary/aromatic N) is 5. The van der Waals surface area contributed by atoms with Crippen LogP contribution in [0.25, 0.3) is 5.95 Å². The minimum Gasteiger partial charge on any atom is -0.353 e. The molecule has 2 aliphatic rings. The normalized spacial score (nSPS) is 22.8. The Morgan fingerprint density at radius 2 is 2.25 bits per heavy atom. The number of anilines is 1. The summed E-state index contributed by atoms with van der Waals surface area (Å²) in [6.45, 7) is 2.22. The summed E-state index contributed by atoms with van der Waals surface area (Å²) < 4.78 is 12.3. The van der Waals surface area contributed by atoms with Gasteiger partial charge in [0.25, 0.3) is 0 Å². The van der Waals surface area contributed by atoms with Crippen molar-refractivity contribution >= 4 is 11.7 Å². The summed E-state index contributed by atoms with van der Waals surface area (Å²) in [4.78, 5) is 27.9. The number of imidazole rings is 1. The predicted molar refractivity (Wildman–Crippen MR) is 102 cm³/mol. The first-order chi connectivity index (χ1) is 13.8. The van der Waals surface area contributed by atoms with Gasteiger partial charge >= 0.3 is 0 Å². The van der Waals surface area contributed by atoms with Crippen LogP contribution >= 0.6 is 0 Å². The Bertz CT molecular complexity index is 763. The minimum absolute atomic E-state index is 0.0382. The summed E-state index contributed by atoms with van der Waals surface area (Å²) in [5.74, 6) is 1.48. The second kappa shape index (κ2) is 9.11. The number of rotatable bonds is 6. The highest BCUT2D eigenvalue weighted by molar-refractivity contribution is 5.77. The van der Waals surface area contributed by atoms with E-state index in [9.17, 15) is 4.79 Å². The van der Waals surface area contributed by atoms with E-state index in [0.717, 1.165) is 31.6 Å². The van der Waals surface area contributed by atoms with Gasteiger partial charge in [-0.3, -0.25) is 9.36 Å². The molecule has 2 saturated heterocycles. The summed E-state index contributed by atoms with van der Waals surface area (Å²) in [6.07, 6.45) is 11.7. The van der Waals surface area contributed by atoms with Crippen LogP contribution in [0.15, 0.2) is 31.0 Å². The quantitative estimate of drug-likeness (QED) is 0.799. The lowest BCUT2D eigenvalue weighted by Crippen LogP contribution is -2.41. The Morgan fingerprint density at radius 1 is 1.29 bits per heavy atom. The third-order valence-corrected chi connectivity index (χ3v) is 5.17. The standard InChI is InChI=1S/C19H26N6O3/c26-18(22-11-16-12-27-14-28-16)10-15-4-2-1-3-8-25(15)17-5-6-21-19(23-17)24-9-7-20-13-24/h5-7,9,13,15-16H,1-4,8,10-12,14H2,(H,22,26). The summed E-state index contributed by atoms with van der Waals surface area (Å²) in [5.41, 5.74) is 0. The molecule has 150 valence electrons. The van der Waals surface area contributed by atoms with Gasteiger partial charge in [0.1, 0.15) is 25.0 Å². The molecule has 9 heteroatoms. The number of carbonyl (C=O) groups is 1. The van der Waals surface area contributed by atoms with E-state index < -0.39 is 0 Å². The molecule has 4 rings (SSSR count). The maximum absolute atomic E-state index is 12.5. The van der Waals surface area contributed by atoms with Gasteiger partial charge in [0.15, 0.2) is 0 Å². The van der Waals surface area contributed by atoms with Gasteiger partial charge in [0, 0.05) is 44.1 Å². The zero-order valence-corrected chi connectivity index (χ0v) is 15.9. The van der Waals surface area contributed by atoms with E-state index in [1.165, 1.54) is 6.42 Å². The van der Waals surface area contributed by atoms with Crippen molar-refractivity contribution in [2.45, 2.75) is 44.2 Å². The van der Waals surface area contributed by atoms with Gasteiger partial charge in [0.2, 0.25) is 11.9 Å². The van der Waals surface area contributed by atoms with Crippen LogP contribution in [-0.2, 0) is 14.3 Å². The third kappa shape index (κ3) is 4.66. The molecule has 2 unspecified atom stereocenters. The van der Waals surface area contributed by atoms with Gasteiger partial charge in [-0.1, -0.05) is 12.8 Å². The van der Waals surface area contributed by atoms with Gasteiger partial charge in [-0.2, -0.15) is 4.98 Å². The van der Waals surface area contributed by atoms with Crippen molar-refractivity contribution in [2.24, 2.45) is 0 Å². The lowest BCUT2D eigenvalue weighted by atomic mass is 10.1. The molecule has 2 aliphatic heterocycles. The number of aromatic nitrogens is 4. The number of ether oxygens (including phenoxy) is 2. The SMILES string of the molecule is O=C(CC1CCCCCN1c1ccnc(-n2ccnc2)n1)NCC1COCO1. The molecular formula is C19H26N6O3. The lowest BCUT2D eigenvalue weighted by molar-refractivity contribution is -0.121. The first kappa shape index (κ1) is 18.8. The molecule has 2 atom stereocenters. The van der Waals surface area contributed by atoms with Gasteiger partial charge in [-0.15, -0.1) is 0 Å². The molecule has 28 heavy (non-hydrogen) atoms. The maximum atomic E-state index is 12.5. The van der Waals surface area contributed by atoms with Crippen molar-refractivity contribution in [3.63, 3.8) is 0 Å². The van der Waals surface area contributed by atoms with Gasteiger partial charge in [-0.25, -0.2) is 9.97 Å². The second-order valence-electron chi connectivity index (χ2n) is 7.17. The van der Waals surface area contributed by atoms with Crippen LogP contribution in [0.1, 0.15) is 32.1 Å². The van der Waals surface area contributed by atoms with Crippen LogP contribution in [0.2, 0.25) is 0 Å². The molecule has 9 nitrogen and oxygen atoms in total. The number of carbonyl (C=O) groups excluding carboxylic acids is 1. The fourth-order valence-corrected chi connectivity index (χ4v) is 3.70. The largest absolute Gasteiger partial charge is 0.353 e. The zero-order valence-electron chi connectivity index (χ0n) is 15.9. The Kier molecular flexibility index (Phi) is 6.13. The van der Waals surface area contributed by atoms with Gasteiger partial charge in [0.05, 0.1) is 6.61 Å². The minimum atomic E-state index is -0.0474. The van der Waals surface area contributed by atoms with Crippen molar-refractivity contribution in [3.05, 3.63) is 31.0 Å². The molecule has 2 fully saturated rings. The molecule has 2 aromatic rings. The van der Waals surface area contributed by atoms with E-state index in [1.54, 1.807) is 23.3 Å².